The van der Waals surface area contributed by atoms with Gasteiger partial charge in [0, 0.05) is 42.8 Å². The first-order valence-corrected chi connectivity index (χ1v) is 8.08. The average molecular weight is 287 g/mol. The van der Waals surface area contributed by atoms with Crippen molar-refractivity contribution in [2.75, 3.05) is 13.1 Å². The van der Waals surface area contributed by atoms with Crippen LogP contribution in [0.1, 0.15) is 17.4 Å². The summed E-state index contributed by atoms with van der Waals surface area (Å²) in [6, 6.07) is 11.9. The van der Waals surface area contributed by atoms with Gasteiger partial charge in [-0.15, -0.1) is 11.3 Å². The maximum absolute atomic E-state index is 4.18. The van der Waals surface area contributed by atoms with Gasteiger partial charge in [0.15, 0.2) is 0 Å². The predicted octanol–water partition coefficient (Wildman–Crippen LogP) is 2.55. The number of hydrogen-bond acceptors (Lipinski definition) is 4. The molecule has 1 aliphatic heterocycles. The van der Waals surface area contributed by atoms with Crippen LogP contribution in [0.4, 0.5) is 0 Å². The van der Waals surface area contributed by atoms with E-state index in [9.17, 15) is 0 Å². The highest BCUT2D eigenvalue weighted by Gasteiger charge is 2.25. The molecule has 1 fully saturated rings. The van der Waals surface area contributed by atoms with Crippen molar-refractivity contribution in [2.45, 2.75) is 32.0 Å². The first-order valence-electron chi connectivity index (χ1n) is 7.20. The summed E-state index contributed by atoms with van der Waals surface area (Å²) < 4.78 is 0. The lowest BCUT2D eigenvalue weighted by molar-refractivity contribution is 0.134. The van der Waals surface area contributed by atoms with Gasteiger partial charge in [0.2, 0.25) is 0 Å². The summed E-state index contributed by atoms with van der Waals surface area (Å²) in [6.07, 6.45) is 3.10. The molecule has 1 saturated heterocycles. The smallest absolute Gasteiger partial charge is 0.0794 e. The van der Waals surface area contributed by atoms with Crippen molar-refractivity contribution in [3.63, 3.8) is 0 Å². The zero-order valence-electron chi connectivity index (χ0n) is 11.8. The van der Waals surface area contributed by atoms with Gasteiger partial charge in [-0.2, -0.15) is 0 Å². The Kier molecular flexibility index (Phi) is 4.45. The van der Waals surface area contributed by atoms with Gasteiger partial charge in [0.05, 0.1) is 5.51 Å². The van der Waals surface area contributed by atoms with Crippen LogP contribution in [0.2, 0.25) is 0 Å². The molecule has 2 unspecified atom stereocenters. The minimum absolute atomic E-state index is 0.543. The third-order valence-corrected chi connectivity index (χ3v) is 4.71. The lowest BCUT2D eigenvalue weighted by atomic mass is 10.0. The van der Waals surface area contributed by atoms with E-state index < -0.39 is 0 Å². The summed E-state index contributed by atoms with van der Waals surface area (Å²) in [5.41, 5.74) is 3.33. The minimum Gasteiger partial charge on any atom is -0.311 e. The fraction of sp³-hybridized carbons (Fsp3) is 0.438. The van der Waals surface area contributed by atoms with E-state index in [1.807, 2.05) is 11.7 Å². The molecule has 106 valence electrons. The third-order valence-electron chi connectivity index (χ3n) is 3.95. The molecule has 3 rings (SSSR count). The largest absolute Gasteiger partial charge is 0.311 e. The number of thiazole rings is 1. The Bertz CT molecular complexity index is 512. The van der Waals surface area contributed by atoms with Crippen LogP contribution in [-0.2, 0) is 13.0 Å². The molecule has 2 atom stereocenters. The maximum atomic E-state index is 4.18. The zero-order valence-corrected chi connectivity index (χ0v) is 12.6. The molecular weight excluding hydrogens is 266 g/mol. The molecule has 20 heavy (non-hydrogen) atoms. The Balaban J connectivity index is 1.61. The van der Waals surface area contributed by atoms with Crippen molar-refractivity contribution in [2.24, 2.45) is 0 Å². The molecule has 1 aliphatic rings. The predicted molar refractivity (Wildman–Crippen MR) is 83.9 cm³/mol. The van der Waals surface area contributed by atoms with Gasteiger partial charge < -0.3 is 5.32 Å². The van der Waals surface area contributed by atoms with Crippen molar-refractivity contribution in [1.29, 1.82) is 0 Å². The van der Waals surface area contributed by atoms with Crippen LogP contribution in [-0.4, -0.2) is 35.1 Å². The molecule has 0 spiro atoms. The molecule has 4 heteroatoms. The molecule has 1 aromatic carbocycles. The minimum atomic E-state index is 0.543. The lowest BCUT2D eigenvalue weighted by Gasteiger charge is -2.38. The van der Waals surface area contributed by atoms with E-state index in [1.165, 1.54) is 10.4 Å². The highest BCUT2D eigenvalue weighted by molar-refractivity contribution is 7.09. The SMILES string of the molecule is CC1CNC(Cc2ccccc2)CN1Cc1cncs1. The second-order valence-corrected chi connectivity index (χ2v) is 6.51. The highest BCUT2D eigenvalue weighted by atomic mass is 32.1. The third kappa shape index (κ3) is 3.45. The van der Waals surface area contributed by atoms with Gasteiger partial charge in [0.1, 0.15) is 0 Å². The second kappa shape index (κ2) is 6.48. The lowest BCUT2D eigenvalue weighted by Crippen LogP contribution is -2.55. The van der Waals surface area contributed by atoms with E-state index >= 15 is 0 Å². The Morgan fingerprint density at radius 1 is 1.35 bits per heavy atom. The molecule has 0 bridgehead atoms. The van der Waals surface area contributed by atoms with E-state index in [2.05, 4.69) is 52.5 Å². The van der Waals surface area contributed by atoms with E-state index in [1.54, 1.807) is 11.3 Å². The van der Waals surface area contributed by atoms with Gasteiger partial charge in [-0.25, -0.2) is 0 Å². The van der Waals surface area contributed by atoms with E-state index in [4.69, 9.17) is 0 Å². The number of nitrogens with zero attached hydrogens (tertiary/aromatic N) is 2. The van der Waals surface area contributed by atoms with E-state index in [0.29, 0.717) is 12.1 Å². The number of nitrogens with one attached hydrogen (secondary N) is 1. The molecule has 0 amide bonds. The Morgan fingerprint density at radius 2 is 2.20 bits per heavy atom. The summed E-state index contributed by atoms with van der Waals surface area (Å²) in [5, 5.41) is 3.67. The number of rotatable bonds is 4. The quantitative estimate of drug-likeness (QED) is 0.936. The molecule has 3 nitrogen and oxygen atoms in total. The summed E-state index contributed by atoms with van der Waals surface area (Å²) in [5.74, 6) is 0. The first kappa shape index (κ1) is 13.7. The van der Waals surface area contributed by atoms with Crippen molar-refractivity contribution in [1.82, 2.24) is 15.2 Å². The molecule has 0 saturated carbocycles. The van der Waals surface area contributed by atoms with Crippen molar-refractivity contribution >= 4 is 11.3 Å². The molecule has 0 radical (unpaired) electrons. The van der Waals surface area contributed by atoms with Crippen LogP contribution in [0.3, 0.4) is 0 Å². The second-order valence-electron chi connectivity index (χ2n) is 5.54. The van der Waals surface area contributed by atoms with Crippen molar-refractivity contribution in [3.05, 3.63) is 52.5 Å². The van der Waals surface area contributed by atoms with Crippen LogP contribution in [0.25, 0.3) is 0 Å². The summed E-state index contributed by atoms with van der Waals surface area (Å²) in [6.45, 7) is 5.50. The first-order chi connectivity index (χ1) is 9.81. The normalized spacial score (nSPS) is 23.9. The Labute approximate surface area is 124 Å². The Morgan fingerprint density at radius 3 is 2.95 bits per heavy atom. The van der Waals surface area contributed by atoms with Gasteiger partial charge in [-0.1, -0.05) is 30.3 Å². The van der Waals surface area contributed by atoms with E-state index in [-0.39, 0.29) is 0 Å². The summed E-state index contributed by atoms with van der Waals surface area (Å²) in [7, 11) is 0. The highest BCUT2D eigenvalue weighted by Crippen LogP contribution is 2.16. The van der Waals surface area contributed by atoms with Gasteiger partial charge in [-0.3, -0.25) is 9.88 Å². The fourth-order valence-electron chi connectivity index (χ4n) is 2.77. The summed E-state index contributed by atoms with van der Waals surface area (Å²) in [4.78, 5) is 8.10. The fourth-order valence-corrected chi connectivity index (χ4v) is 3.39. The molecule has 2 aromatic rings. The topological polar surface area (TPSA) is 28.2 Å². The van der Waals surface area contributed by atoms with Crippen molar-refractivity contribution < 1.29 is 0 Å². The number of aromatic nitrogens is 1. The molecule has 1 N–H and O–H groups in total. The molecule has 2 heterocycles. The monoisotopic (exact) mass is 287 g/mol. The van der Waals surface area contributed by atoms with E-state index in [0.717, 1.165) is 26.1 Å². The maximum Gasteiger partial charge on any atom is 0.0794 e. The molecule has 0 aliphatic carbocycles. The van der Waals surface area contributed by atoms with Crippen molar-refractivity contribution in [3.8, 4) is 0 Å². The zero-order chi connectivity index (χ0) is 13.8. The van der Waals surface area contributed by atoms with Crippen LogP contribution < -0.4 is 5.32 Å². The number of piperazine rings is 1. The van der Waals surface area contributed by atoms with Crippen LogP contribution in [0.5, 0.6) is 0 Å². The van der Waals surface area contributed by atoms with Crippen LogP contribution >= 0.6 is 11.3 Å². The van der Waals surface area contributed by atoms with Gasteiger partial charge in [-0.05, 0) is 18.9 Å². The summed E-state index contributed by atoms with van der Waals surface area (Å²) >= 11 is 1.75. The Hall–Kier alpha value is -1.23. The van der Waals surface area contributed by atoms with Crippen LogP contribution in [0, 0.1) is 0 Å². The average Bonchev–Trinajstić information content (AvgIpc) is 2.97. The van der Waals surface area contributed by atoms with Crippen LogP contribution in [0.15, 0.2) is 42.0 Å². The molecule has 1 aromatic heterocycles. The standard InChI is InChI=1S/C16H21N3S/c1-13-8-18-15(7-14-5-3-2-4-6-14)10-19(13)11-16-9-17-12-20-16/h2-6,9,12-13,15,18H,7-8,10-11H2,1H3. The van der Waals surface area contributed by atoms with Gasteiger partial charge >= 0.3 is 0 Å². The van der Waals surface area contributed by atoms with Gasteiger partial charge in [0.25, 0.3) is 0 Å². The molecular formula is C16H21N3S. The number of hydrogen-bond donors (Lipinski definition) is 1. The number of benzene rings is 1.